The Morgan fingerprint density at radius 1 is 0.966 bits per heavy atom. The van der Waals surface area contributed by atoms with E-state index in [9.17, 15) is 9.90 Å². The number of carbonyl (C=O) groups is 1. The van der Waals surface area contributed by atoms with Crippen LogP contribution in [0.15, 0.2) is 30.3 Å². The van der Waals surface area contributed by atoms with Crippen molar-refractivity contribution >= 4 is 5.97 Å². The van der Waals surface area contributed by atoms with Crippen LogP contribution in [0.1, 0.15) is 56.9 Å². The van der Waals surface area contributed by atoms with Gasteiger partial charge in [-0.1, -0.05) is 30.3 Å². The van der Waals surface area contributed by atoms with Crippen LogP contribution < -0.4 is 0 Å². The van der Waals surface area contributed by atoms with Crippen molar-refractivity contribution in [3.05, 3.63) is 35.9 Å². The lowest BCUT2D eigenvalue weighted by Crippen LogP contribution is -2.33. The van der Waals surface area contributed by atoms with Crippen molar-refractivity contribution in [2.24, 2.45) is 0 Å². The maximum Gasteiger partial charge on any atom is 0.306 e. The smallest absolute Gasteiger partial charge is 0.306 e. The van der Waals surface area contributed by atoms with Crippen LogP contribution in [-0.4, -0.2) is 54.3 Å². The van der Waals surface area contributed by atoms with Crippen LogP contribution in [0.25, 0.3) is 0 Å². The molecule has 3 saturated heterocycles. The summed E-state index contributed by atoms with van der Waals surface area (Å²) in [4.78, 5) is 11.3. The quantitative estimate of drug-likeness (QED) is 0.503. The minimum Gasteiger partial charge on any atom is -0.460 e. The van der Waals surface area contributed by atoms with Crippen molar-refractivity contribution in [3.8, 4) is 0 Å². The molecule has 6 atom stereocenters. The van der Waals surface area contributed by atoms with Crippen molar-refractivity contribution in [2.75, 3.05) is 6.61 Å². The minimum absolute atomic E-state index is 0.000729. The van der Waals surface area contributed by atoms with E-state index in [1.165, 1.54) is 0 Å². The molecule has 0 saturated carbocycles. The Bertz CT molecular complexity index is 650. The number of hydrogen-bond donors (Lipinski definition) is 1. The Hall–Kier alpha value is -1.47. The fourth-order valence-corrected chi connectivity index (χ4v) is 4.64. The molecule has 0 aliphatic carbocycles. The highest BCUT2D eigenvalue weighted by atomic mass is 16.6. The number of cyclic esters (lactones) is 1. The molecule has 0 unspecified atom stereocenters. The summed E-state index contributed by atoms with van der Waals surface area (Å²) in [6.45, 7) is 1.24. The van der Waals surface area contributed by atoms with Gasteiger partial charge < -0.3 is 24.1 Å². The largest absolute Gasteiger partial charge is 0.460 e. The number of esters is 1. The summed E-state index contributed by atoms with van der Waals surface area (Å²) in [5, 5.41) is 10.5. The number of carbonyl (C=O) groups excluding carboxylic acids is 1. The van der Waals surface area contributed by atoms with Gasteiger partial charge in [-0.3, -0.25) is 4.79 Å². The first-order chi connectivity index (χ1) is 14.2. The van der Waals surface area contributed by atoms with E-state index in [1.807, 2.05) is 30.3 Å². The van der Waals surface area contributed by atoms with E-state index in [-0.39, 0.29) is 36.5 Å². The summed E-state index contributed by atoms with van der Waals surface area (Å²) < 4.78 is 23.3. The Morgan fingerprint density at radius 2 is 1.69 bits per heavy atom. The van der Waals surface area contributed by atoms with Gasteiger partial charge in [0.25, 0.3) is 0 Å². The highest BCUT2D eigenvalue weighted by Crippen LogP contribution is 2.36. The zero-order valence-corrected chi connectivity index (χ0v) is 16.9. The fraction of sp³-hybridized carbons (Fsp3) is 0.696. The molecule has 3 heterocycles. The van der Waals surface area contributed by atoms with E-state index in [4.69, 9.17) is 18.9 Å². The van der Waals surface area contributed by atoms with Crippen molar-refractivity contribution in [2.45, 2.75) is 94.6 Å². The van der Waals surface area contributed by atoms with Crippen LogP contribution in [0.4, 0.5) is 0 Å². The van der Waals surface area contributed by atoms with Gasteiger partial charge in [-0.05, 0) is 50.5 Å². The summed E-state index contributed by atoms with van der Waals surface area (Å²) in [6.07, 6.45) is 5.76. The lowest BCUT2D eigenvalue weighted by Gasteiger charge is -2.24. The summed E-state index contributed by atoms with van der Waals surface area (Å²) >= 11 is 0. The molecule has 1 N–H and O–H groups in total. The molecule has 0 spiro atoms. The topological polar surface area (TPSA) is 74.2 Å². The number of aliphatic hydroxyl groups is 1. The third kappa shape index (κ3) is 5.57. The summed E-state index contributed by atoms with van der Waals surface area (Å²) in [6, 6.07) is 10.1. The van der Waals surface area contributed by atoms with Crippen molar-refractivity contribution in [3.63, 3.8) is 0 Å². The van der Waals surface area contributed by atoms with Crippen molar-refractivity contribution < 1.29 is 28.8 Å². The van der Waals surface area contributed by atoms with Gasteiger partial charge in [-0.15, -0.1) is 0 Å². The first kappa shape index (κ1) is 20.8. The van der Waals surface area contributed by atoms with Gasteiger partial charge in [0.2, 0.25) is 0 Å². The molecule has 4 rings (SSSR count). The predicted octanol–water partition coefficient (Wildman–Crippen LogP) is 3.15. The van der Waals surface area contributed by atoms with Gasteiger partial charge >= 0.3 is 5.97 Å². The van der Waals surface area contributed by atoms with Gasteiger partial charge in [0.15, 0.2) is 0 Å². The molecule has 3 aliphatic heterocycles. The Morgan fingerprint density at radius 3 is 2.45 bits per heavy atom. The van der Waals surface area contributed by atoms with E-state index in [1.54, 1.807) is 0 Å². The first-order valence-corrected chi connectivity index (χ1v) is 11.0. The van der Waals surface area contributed by atoms with Crippen LogP contribution in [0.3, 0.4) is 0 Å². The molecule has 160 valence electrons. The average Bonchev–Trinajstić information content (AvgIpc) is 3.48. The van der Waals surface area contributed by atoms with E-state index in [2.05, 4.69) is 0 Å². The molecule has 0 aromatic heterocycles. The van der Waals surface area contributed by atoms with Gasteiger partial charge in [0, 0.05) is 13.0 Å². The van der Waals surface area contributed by atoms with E-state index >= 15 is 0 Å². The maximum absolute atomic E-state index is 11.3. The van der Waals surface area contributed by atoms with E-state index in [0.29, 0.717) is 26.1 Å². The Balaban J connectivity index is 1.12. The number of ether oxygens (including phenoxy) is 4. The van der Waals surface area contributed by atoms with Crippen molar-refractivity contribution in [1.82, 2.24) is 0 Å². The Labute approximate surface area is 172 Å². The second kappa shape index (κ2) is 10.0. The Kier molecular flexibility index (Phi) is 7.19. The van der Waals surface area contributed by atoms with Crippen LogP contribution in [0.2, 0.25) is 0 Å². The van der Waals surface area contributed by atoms with E-state index in [0.717, 1.165) is 44.1 Å². The normalized spacial score (nSPS) is 33.1. The molecule has 6 nitrogen and oxygen atoms in total. The van der Waals surface area contributed by atoms with Crippen LogP contribution in [0.5, 0.6) is 0 Å². The lowest BCUT2D eigenvalue weighted by molar-refractivity contribution is -0.149. The SMILES string of the molecule is O=C1CC[C@H]([C@@H]2CC[C@@H]([C@@H]3CC[C@H]([C@H](O)CCCOCc4ccccc4)O3)O2)O1. The molecule has 29 heavy (non-hydrogen) atoms. The molecule has 0 amide bonds. The van der Waals surface area contributed by atoms with Crippen LogP contribution in [0, 0.1) is 0 Å². The number of hydrogen-bond acceptors (Lipinski definition) is 6. The van der Waals surface area contributed by atoms with E-state index < -0.39 is 6.10 Å². The van der Waals surface area contributed by atoms with Crippen molar-refractivity contribution in [1.29, 1.82) is 0 Å². The average molecular weight is 405 g/mol. The van der Waals surface area contributed by atoms with Gasteiger partial charge in [0.05, 0.1) is 37.1 Å². The summed E-state index contributed by atoms with van der Waals surface area (Å²) in [5.74, 6) is -0.116. The zero-order valence-electron chi connectivity index (χ0n) is 16.9. The highest BCUT2D eigenvalue weighted by molar-refractivity contribution is 5.71. The first-order valence-electron chi connectivity index (χ1n) is 11.0. The van der Waals surface area contributed by atoms with Gasteiger partial charge in [-0.25, -0.2) is 0 Å². The number of aliphatic hydroxyl groups excluding tert-OH is 1. The molecular formula is C23H32O6. The summed E-state index contributed by atoms with van der Waals surface area (Å²) in [5.41, 5.74) is 1.16. The number of benzene rings is 1. The fourth-order valence-electron chi connectivity index (χ4n) is 4.64. The molecule has 0 radical (unpaired) electrons. The third-order valence-corrected chi connectivity index (χ3v) is 6.24. The number of rotatable bonds is 9. The second-order valence-corrected chi connectivity index (χ2v) is 8.40. The minimum atomic E-state index is -0.465. The monoisotopic (exact) mass is 404 g/mol. The molecule has 3 fully saturated rings. The maximum atomic E-state index is 11.3. The molecule has 1 aromatic rings. The predicted molar refractivity (Wildman–Crippen MR) is 106 cm³/mol. The molecular weight excluding hydrogens is 372 g/mol. The van der Waals surface area contributed by atoms with Gasteiger partial charge in [-0.2, -0.15) is 0 Å². The highest BCUT2D eigenvalue weighted by Gasteiger charge is 2.43. The third-order valence-electron chi connectivity index (χ3n) is 6.24. The zero-order chi connectivity index (χ0) is 20.1. The summed E-state index contributed by atoms with van der Waals surface area (Å²) in [7, 11) is 0. The lowest BCUT2D eigenvalue weighted by atomic mass is 10.0. The molecule has 6 heteroatoms. The van der Waals surface area contributed by atoms with Crippen LogP contribution in [-0.2, 0) is 30.3 Å². The molecule has 1 aromatic carbocycles. The molecule has 0 bridgehead atoms. The second-order valence-electron chi connectivity index (χ2n) is 8.40. The van der Waals surface area contributed by atoms with Gasteiger partial charge in [0.1, 0.15) is 6.10 Å². The standard InChI is InChI=1S/C23H32O6/c24-17(7-4-14-26-15-16-5-2-1-3-6-16)18-8-9-19(27-18)20-10-11-21(28-20)22-12-13-23(25)29-22/h1-3,5-6,17-22,24H,4,7-15H2/t17-,18-,19+,20+,21+,22-/m1/s1. The molecule has 3 aliphatic rings. The van der Waals surface area contributed by atoms with Crippen LogP contribution >= 0.6 is 0 Å².